The molecule has 0 spiro atoms. The van der Waals surface area contributed by atoms with E-state index in [-0.39, 0.29) is 17.1 Å². The van der Waals surface area contributed by atoms with E-state index in [2.05, 4.69) is 0 Å². The smallest absolute Gasteiger partial charge is 0.197 e. The van der Waals surface area contributed by atoms with Gasteiger partial charge in [0.15, 0.2) is 11.6 Å². The molecule has 3 nitrogen and oxygen atoms in total. The standard InChI is InChI=1S/C20H10Cl2O3/c21-11-5-7-15(17(22)9-11)18-8-6-12(25-18)10-16-19(23)13-3-1-2-4-14(13)20(16)24/h1-10H. The van der Waals surface area contributed by atoms with E-state index >= 15 is 0 Å². The van der Waals surface area contributed by atoms with E-state index in [4.69, 9.17) is 27.6 Å². The maximum Gasteiger partial charge on any atom is 0.197 e. The molecule has 122 valence electrons. The first-order valence-electron chi connectivity index (χ1n) is 7.50. The van der Waals surface area contributed by atoms with Gasteiger partial charge in [0.25, 0.3) is 0 Å². The first kappa shape index (κ1) is 15.9. The highest BCUT2D eigenvalue weighted by Gasteiger charge is 2.32. The highest BCUT2D eigenvalue weighted by Crippen LogP contribution is 2.33. The van der Waals surface area contributed by atoms with Gasteiger partial charge in [-0.15, -0.1) is 0 Å². The SMILES string of the molecule is O=C1C(=Cc2ccc(-c3ccc(Cl)cc3Cl)o2)C(=O)c2ccccc21. The van der Waals surface area contributed by atoms with Crippen LogP contribution in [0.15, 0.2) is 64.6 Å². The Morgan fingerprint density at radius 3 is 2.12 bits per heavy atom. The second-order valence-electron chi connectivity index (χ2n) is 5.59. The van der Waals surface area contributed by atoms with E-state index in [1.807, 2.05) is 0 Å². The Hall–Kier alpha value is -2.62. The zero-order valence-electron chi connectivity index (χ0n) is 12.8. The minimum Gasteiger partial charge on any atom is -0.457 e. The quantitative estimate of drug-likeness (QED) is 0.429. The summed E-state index contributed by atoms with van der Waals surface area (Å²) in [6, 6.07) is 15.3. The fraction of sp³-hybridized carbons (Fsp3) is 0. The molecule has 25 heavy (non-hydrogen) atoms. The third-order valence-corrected chi connectivity index (χ3v) is 4.56. The molecule has 1 heterocycles. The molecule has 1 aliphatic rings. The molecule has 5 heteroatoms. The van der Waals surface area contributed by atoms with Crippen molar-refractivity contribution in [3.8, 4) is 11.3 Å². The molecule has 2 aromatic carbocycles. The third-order valence-electron chi connectivity index (χ3n) is 4.02. The minimum atomic E-state index is -0.289. The second kappa shape index (κ2) is 6.03. The van der Waals surface area contributed by atoms with Crippen molar-refractivity contribution in [1.82, 2.24) is 0 Å². The van der Waals surface area contributed by atoms with Gasteiger partial charge < -0.3 is 4.42 Å². The molecule has 0 unspecified atom stereocenters. The number of halogens is 2. The van der Waals surface area contributed by atoms with E-state index in [1.54, 1.807) is 54.6 Å². The lowest BCUT2D eigenvalue weighted by molar-refractivity contribution is 0.0990. The molecular weight excluding hydrogens is 359 g/mol. The predicted octanol–water partition coefficient (Wildman–Crippen LogP) is 5.72. The molecule has 1 aliphatic carbocycles. The summed E-state index contributed by atoms with van der Waals surface area (Å²) >= 11 is 12.1. The van der Waals surface area contributed by atoms with Crippen molar-refractivity contribution in [3.63, 3.8) is 0 Å². The van der Waals surface area contributed by atoms with E-state index in [0.717, 1.165) is 0 Å². The van der Waals surface area contributed by atoms with Gasteiger partial charge in [0, 0.05) is 21.7 Å². The summed E-state index contributed by atoms with van der Waals surface area (Å²) < 4.78 is 5.74. The van der Waals surface area contributed by atoms with Gasteiger partial charge in [-0.1, -0.05) is 47.5 Å². The number of hydrogen-bond acceptors (Lipinski definition) is 3. The van der Waals surface area contributed by atoms with Gasteiger partial charge in [0.1, 0.15) is 11.5 Å². The van der Waals surface area contributed by atoms with Crippen LogP contribution in [0.3, 0.4) is 0 Å². The van der Waals surface area contributed by atoms with Crippen LogP contribution in [0.4, 0.5) is 0 Å². The summed E-state index contributed by atoms with van der Waals surface area (Å²) in [5, 5.41) is 0.990. The fourth-order valence-electron chi connectivity index (χ4n) is 2.81. The Morgan fingerprint density at radius 1 is 0.800 bits per heavy atom. The first-order valence-corrected chi connectivity index (χ1v) is 8.25. The van der Waals surface area contributed by atoms with E-state index in [1.165, 1.54) is 6.08 Å². The van der Waals surface area contributed by atoms with Crippen molar-refractivity contribution in [2.45, 2.75) is 0 Å². The lowest BCUT2D eigenvalue weighted by Crippen LogP contribution is -1.99. The summed E-state index contributed by atoms with van der Waals surface area (Å²) in [7, 11) is 0. The number of rotatable bonds is 2. The lowest BCUT2D eigenvalue weighted by atomic mass is 10.1. The molecule has 3 aromatic rings. The average molecular weight is 369 g/mol. The lowest BCUT2D eigenvalue weighted by Gasteiger charge is -2.01. The maximum atomic E-state index is 12.4. The summed E-state index contributed by atoms with van der Waals surface area (Å²) in [6.07, 6.45) is 1.47. The highest BCUT2D eigenvalue weighted by atomic mass is 35.5. The van der Waals surface area contributed by atoms with Gasteiger partial charge in [-0.25, -0.2) is 0 Å². The van der Waals surface area contributed by atoms with Crippen molar-refractivity contribution >= 4 is 40.8 Å². The van der Waals surface area contributed by atoms with Crippen molar-refractivity contribution in [2.75, 3.05) is 0 Å². The topological polar surface area (TPSA) is 47.3 Å². The molecule has 0 saturated carbocycles. The number of allylic oxidation sites excluding steroid dienone is 1. The van der Waals surface area contributed by atoms with E-state index < -0.39 is 0 Å². The summed E-state index contributed by atoms with van der Waals surface area (Å²) in [5.41, 5.74) is 1.63. The number of carbonyl (C=O) groups is 2. The molecule has 0 radical (unpaired) electrons. The molecular formula is C20H10Cl2O3. The van der Waals surface area contributed by atoms with Crippen LogP contribution < -0.4 is 0 Å². The zero-order chi connectivity index (χ0) is 17.6. The second-order valence-corrected chi connectivity index (χ2v) is 6.43. The van der Waals surface area contributed by atoms with Gasteiger partial charge >= 0.3 is 0 Å². The molecule has 4 rings (SSSR count). The van der Waals surface area contributed by atoms with Crippen LogP contribution >= 0.6 is 23.2 Å². The number of carbonyl (C=O) groups excluding carboxylic acids is 2. The van der Waals surface area contributed by atoms with Crippen LogP contribution in [0, 0.1) is 0 Å². The summed E-state index contributed by atoms with van der Waals surface area (Å²) in [6.45, 7) is 0. The molecule has 0 fully saturated rings. The summed E-state index contributed by atoms with van der Waals surface area (Å²) in [4.78, 5) is 24.8. The van der Waals surface area contributed by atoms with Crippen LogP contribution in [0.25, 0.3) is 17.4 Å². The molecule has 0 atom stereocenters. The molecule has 0 aliphatic heterocycles. The molecule has 0 bridgehead atoms. The predicted molar refractivity (Wildman–Crippen MR) is 97.2 cm³/mol. The van der Waals surface area contributed by atoms with Crippen molar-refractivity contribution < 1.29 is 14.0 Å². The number of ketones is 2. The van der Waals surface area contributed by atoms with E-state index in [9.17, 15) is 9.59 Å². The third kappa shape index (κ3) is 2.72. The Morgan fingerprint density at radius 2 is 1.48 bits per heavy atom. The molecule has 1 aromatic heterocycles. The van der Waals surface area contributed by atoms with Gasteiger partial charge in [-0.3, -0.25) is 9.59 Å². The normalized spacial score (nSPS) is 13.3. The van der Waals surface area contributed by atoms with Gasteiger partial charge in [0.2, 0.25) is 0 Å². The van der Waals surface area contributed by atoms with Crippen LogP contribution in [-0.4, -0.2) is 11.6 Å². The Bertz CT molecular complexity index is 1020. The number of furan rings is 1. The summed E-state index contributed by atoms with van der Waals surface area (Å²) in [5.74, 6) is 0.362. The maximum absolute atomic E-state index is 12.4. The zero-order valence-corrected chi connectivity index (χ0v) is 14.3. The first-order chi connectivity index (χ1) is 12.0. The molecule has 0 saturated heterocycles. The number of hydrogen-bond donors (Lipinski definition) is 0. The van der Waals surface area contributed by atoms with Crippen molar-refractivity contribution in [2.24, 2.45) is 0 Å². The van der Waals surface area contributed by atoms with E-state index in [0.29, 0.717) is 38.3 Å². The minimum absolute atomic E-state index is 0.101. The van der Waals surface area contributed by atoms with Crippen LogP contribution in [0.2, 0.25) is 10.0 Å². The fourth-order valence-corrected chi connectivity index (χ4v) is 3.31. The van der Waals surface area contributed by atoms with Gasteiger partial charge in [-0.05, 0) is 36.4 Å². The Balaban J connectivity index is 1.71. The largest absolute Gasteiger partial charge is 0.457 e. The average Bonchev–Trinajstić information content (AvgIpc) is 3.15. The number of benzene rings is 2. The van der Waals surface area contributed by atoms with Crippen LogP contribution in [0.5, 0.6) is 0 Å². The Kier molecular flexibility index (Phi) is 3.83. The van der Waals surface area contributed by atoms with Gasteiger partial charge in [-0.2, -0.15) is 0 Å². The van der Waals surface area contributed by atoms with Crippen molar-refractivity contribution in [1.29, 1.82) is 0 Å². The highest BCUT2D eigenvalue weighted by molar-refractivity contribution is 6.41. The molecule has 0 amide bonds. The van der Waals surface area contributed by atoms with Crippen LogP contribution in [0.1, 0.15) is 26.5 Å². The van der Waals surface area contributed by atoms with Crippen molar-refractivity contribution in [3.05, 3.63) is 87.1 Å². The Labute approximate surface area is 153 Å². The number of Topliss-reactive ketones (excluding diaryl/α,β-unsaturated/α-hetero) is 2. The molecule has 0 N–H and O–H groups in total. The monoisotopic (exact) mass is 368 g/mol. The number of fused-ring (bicyclic) bond motifs is 1. The van der Waals surface area contributed by atoms with Crippen LogP contribution in [-0.2, 0) is 0 Å². The van der Waals surface area contributed by atoms with Gasteiger partial charge in [0.05, 0.1) is 10.6 Å².